The predicted octanol–water partition coefficient (Wildman–Crippen LogP) is 2.46. The summed E-state index contributed by atoms with van der Waals surface area (Å²) in [4.78, 5) is 21.3. The number of carboxylic acids is 2. The number of hydrogen-bond donors (Lipinski definition) is 2. The average molecular weight is 529 g/mol. The number of nitrogens with zero attached hydrogens (tertiary/aromatic N) is 2. The maximum absolute atomic E-state index is 14.1. The van der Waals surface area contributed by atoms with Crippen LogP contribution in [0.5, 0.6) is 0 Å². The highest BCUT2D eigenvalue weighted by atomic mass is 32.2. The Bertz CT molecular complexity index is 815. The van der Waals surface area contributed by atoms with E-state index >= 15 is 0 Å². The summed E-state index contributed by atoms with van der Waals surface area (Å²) in [6.07, 6.45) is -9.34. The summed E-state index contributed by atoms with van der Waals surface area (Å²) in [5.41, 5.74) is 0. The monoisotopic (exact) mass is 529 g/mol. The van der Waals surface area contributed by atoms with Crippen molar-refractivity contribution in [2.24, 2.45) is 0 Å². The first-order valence-electron chi connectivity index (χ1n) is 8.89. The second-order valence-electron chi connectivity index (χ2n) is 7.59. The van der Waals surface area contributed by atoms with Crippen molar-refractivity contribution >= 4 is 22.0 Å². The van der Waals surface area contributed by atoms with E-state index in [1.807, 2.05) is 0 Å². The Kier molecular flexibility index (Phi) is 9.64. The molecule has 0 aliphatic rings. The highest BCUT2D eigenvalue weighted by Gasteiger charge is 2.85. The van der Waals surface area contributed by atoms with Gasteiger partial charge in [-0.25, -0.2) is 8.42 Å². The van der Waals surface area contributed by atoms with E-state index in [1.54, 1.807) is 0 Å². The highest BCUT2D eigenvalue weighted by molar-refractivity contribution is 7.90. The van der Waals surface area contributed by atoms with Gasteiger partial charge < -0.3 is 14.7 Å². The number of rotatable bonds is 14. The van der Waals surface area contributed by atoms with Gasteiger partial charge in [0.25, 0.3) is 10.0 Å². The van der Waals surface area contributed by atoms with Gasteiger partial charge in [0.05, 0.1) is 40.0 Å². The van der Waals surface area contributed by atoms with Crippen LogP contribution in [0.3, 0.4) is 0 Å². The number of halogens is 9. The molecule has 0 aliphatic heterocycles. The summed E-state index contributed by atoms with van der Waals surface area (Å²) < 4.78 is 142. The van der Waals surface area contributed by atoms with Crippen LogP contribution in [0.1, 0.15) is 19.3 Å². The van der Waals surface area contributed by atoms with Crippen LogP contribution in [-0.4, -0.2) is 103 Å². The van der Waals surface area contributed by atoms with E-state index in [0.29, 0.717) is 0 Å². The molecule has 0 spiro atoms. The van der Waals surface area contributed by atoms with Crippen molar-refractivity contribution < 1.29 is 72.2 Å². The van der Waals surface area contributed by atoms with E-state index in [-0.39, 0.29) is 24.0 Å². The lowest BCUT2D eigenvalue weighted by Gasteiger charge is -2.36. The Hall–Kier alpha value is -1.82. The van der Waals surface area contributed by atoms with Gasteiger partial charge >= 0.3 is 35.2 Å². The van der Waals surface area contributed by atoms with Crippen LogP contribution in [0, 0.1) is 0 Å². The van der Waals surface area contributed by atoms with Crippen LogP contribution in [0.4, 0.5) is 39.5 Å². The lowest BCUT2D eigenvalue weighted by atomic mass is 10.1. The third-order valence-electron chi connectivity index (χ3n) is 4.46. The molecule has 8 nitrogen and oxygen atoms in total. The fourth-order valence-corrected chi connectivity index (χ4v) is 3.92. The Morgan fingerprint density at radius 2 is 1.24 bits per heavy atom. The van der Waals surface area contributed by atoms with Crippen LogP contribution in [0.2, 0.25) is 0 Å². The quantitative estimate of drug-likeness (QED) is 0.264. The van der Waals surface area contributed by atoms with E-state index < -0.39 is 75.5 Å². The fourth-order valence-electron chi connectivity index (χ4n) is 2.44. The van der Waals surface area contributed by atoms with Crippen molar-refractivity contribution in [1.29, 1.82) is 0 Å². The van der Waals surface area contributed by atoms with Gasteiger partial charge in [-0.2, -0.15) is 43.8 Å². The topological polar surface area (TPSA) is 112 Å². The Morgan fingerprint density at radius 3 is 1.64 bits per heavy atom. The second kappa shape index (κ2) is 10.2. The second-order valence-corrected chi connectivity index (χ2v) is 9.57. The predicted molar refractivity (Wildman–Crippen MR) is 92.4 cm³/mol. The molecule has 0 aromatic rings. The summed E-state index contributed by atoms with van der Waals surface area (Å²) >= 11 is 0. The number of sulfonamides is 1. The first-order valence-corrected chi connectivity index (χ1v) is 10.3. The van der Waals surface area contributed by atoms with Crippen molar-refractivity contribution in [3.05, 3.63) is 0 Å². The number of carbonyl (C=O) groups is 2. The van der Waals surface area contributed by atoms with Crippen molar-refractivity contribution in [2.75, 3.05) is 40.3 Å². The van der Waals surface area contributed by atoms with Crippen molar-refractivity contribution in [1.82, 2.24) is 4.31 Å². The molecule has 0 heterocycles. The molecule has 0 bridgehead atoms. The van der Waals surface area contributed by atoms with Crippen LogP contribution in [-0.2, 0) is 19.6 Å². The summed E-state index contributed by atoms with van der Waals surface area (Å²) in [5.74, 6) is -17.9. The van der Waals surface area contributed by atoms with Crippen molar-refractivity contribution in [2.45, 2.75) is 42.5 Å². The van der Waals surface area contributed by atoms with E-state index in [2.05, 4.69) is 0 Å². The molecule has 0 aliphatic carbocycles. The van der Waals surface area contributed by atoms with E-state index in [9.17, 15) is 57.5 Å². The van der Waals surface area contributed by atoms with Gasteiger partial charge in [-0.1, -0.05) is 0 Å². The zero-order valence-electron chi connectivity index (χ0n) is 17.2. The molecule has 2 N–H and O–H groups in total. The largest absolute Gasteiger partial charge is 0.481 e. The number of aliphatic carboxylic acids is 2. The molecule has 0 saturated carbocycles. The maximum Gasteiger partial charge on any atom is 0.460 e. The van der Waals surface area contributed by atoms with Gasteiger partial charge in [-0.3, -0.25) is 9.59 Å². The molecular formula is C15H22F9N2O6S+. The van der Waals surface area contributed by atoms with Gasteiger partial charge in [0.15, 0.2) is 0 Å². The zero-order chi connectivity index (χ0) is 26.7. The average Bonchev–Trinajstić information content (AvgIpc) is 2.61. The first kappa shape index (κ1) is 31.2. The molecule has 0 aromatic carbocycles. The van der Waals surface area contributed by atoms with E-state index in [1.165, 1.54) is 14.1 Å². The number of hydrogen-bond acceptors (Lipinski definition) is 4. The van der Waals surface area contributed by atoms with Crippen LogP contribution in [0.15, 0.2) is 0 Å². The molecule has 0 radical (unpaired) electrons. The summed E-state index contributed by atoms with van der Waals surface area (Å²) in [6, 6.07) is 0. The zero-order valence-corrected chi connectivity index (χ0v) is 18.0. The molecule has 0 rings (SSSR count). The molecule has 18 heteroatoms. The Morgan fingerprint density at radius 1 is 0.788 bits per heavy atom. The smallest absolute Gasteiger partial charge is 0.460 e. The summed E-state index contributed by atoms with van der Waals surface area (Å²) in [7, 11) is -4.09. The van der Waals surface area contributed by atoms with E-state index in [0.717, 1.165) is 0 Å². The van der Waals surface area contributed by atoms with Crippen LogP contribution < -0.4 is 0 Å². The normalized spacial score (nSPS) is 14.5. The lowest BCUT2D eigenvalue weighted by molar-refractivity contribution is -0.889. The van der Waals surface area contributed by atoms with Gasteiger partial charge in [0.1, 0.15) is 0 Å². The van der Waals surface area contributed by atoms with E-state index in [4.69, 9.17) is 10.2 Å². The Balaban J connectivity index is 5.96. The molecule has 0 atom stereocenters. The minimum atomic E-state index is -7.44. The number of quaternary nitrogens is 1. The number of alkyl halides is 9. The summed E-state index contributed by atoms with van der Waals surface area (Å²) in [5, 5.41) is 10.3. The van der Waals surface area contributed by atoms with Crippen molar-refractivity contribution in [3.63, 3.8) is 0 Å². The van der Waals surface area contributed by atoms with Gasteiger partial charge in [-0.15, -0.1) is 0 Å². The third kappa shape index (κ3) is 7.08. The third-order valence-corrected chi connectivity index (χ3v) is 6.41. The number of carboxylic acid groups (broad SMARTS) is 2. The molecule has 0 amide bonds. The van der Waals surface area contributed by atoms with Crippen molar-refractivity contribution in [3.8, 4) is 0 Å². The standard InChI is InChI=1S/C15H21F9N2O6S/c1-26(2,9-5-11(29)30)8-3-6-25(7-4-10(27)28)33(31,32)15(23,24)13(18,19)12(16,17)14(20,21)22/h3-9H2,1-2H3,(H-,27,28,29,30)/p+1. The SMILES string of the molecule is C[N+](C)(CCCN(CCC(=O)O)S(=O)(=O)C(F)(F)C(F)(F)C(F)(F)C(F)(F)F)CCC(=O)O. The highest BCUT2D eigenvalue weighted by Crippen LogP contribution is 2.55. The van der Waals surface area contributed by atoms with Gasteiger partial charge in [-0.05, 0) is 0 Å². The van der Waals surface area contributed by atoms with Gasteiger partial charge in [0, 0.05) is 19.5 Å². The molecule has 0 aromatic heterocycles. The maximum atomic E-state index is 14.1. The molecule has 0 fully saturated rings. The minimum absolute atomic E-state index is 0.0523. The van der Waals surface area contributed by atoms with Crippen LogP contribution in [0.25, 0.3) is 0 Å². The lowest BCUT2D eigenvalue weighted by Crippen LogP contribution is -2.65. The summed E-state index contributed by atoms with van der Waals surface area (Å²) in [6.45, 7) is -2.80. The Labute approximate surface area is 182 Å². The molecule has 33 heavy (non-hydrogen) atoms. The fraction of sp³-hybridized carbons (Fsp3) is 0.867. The molecule has 196 valence electrons. The van der Waals surface area contributed by atoms with Gasteiger partial charge in [0.2, 0.25) is 0 Å². The first-order chi connectivity index (χ1) is 14.4. The molecule has 0 unspecified atom stereocenters. The minimum Gasteiger partial charge on any atom is -0.481 e. The van der Waals surface area contributed by atoms with Crippen LogP contribution >= 0.6 is 0 Å². The molecular weight excluding hydrogens is 507 g/mol. The molecule has 0 saturated heterocycles.